The minimum Gasteiger partial charge on any atom is -0.381 e. The van der Waals surface area contributed by atoms with E-state index in [0.717, 1.165) is 61.0 Å². The lowest BCUT2D eigenvalue weighted by atomic mass is 10.0. The van der Waals surface area contributed by atoms with E-state index < -0.39 is 0 Å². The molecule has 0 saturated carbocycles. The average molecular weight is 296 g/mol. The minimum absolute atomic E-state index is 0.344. The molecule has 1 saturated heterocycles. The number of nitrogens with zero attached hydrogens (tertiary/aromatic N) is 2. The van der Waals surface area contributed by atoms with Crippen molar-refractivity contribution in [2.24, 2.45) is 5.92 Å². The van der Waals surface area contributed by atoms with Gasteiger partial charge in [-0.05, 0) is 31.1 Å². The molecule has 0 spiro atoms. The highest BCUT2D eigenvalue weighted by molar-refractivity contribution is 7.17. The van der Waals surface area contributed by atoms with Crippen LogP contribution < -0.4 is 4.90 Å². The van der Waals surface area contributed by atoms with E-state index in [1.165, 1.54) is 11.3 Å². The molecule has 0 N–H and O–H groups in total. The van der Waals surface area contributed by atoms with Gasteiger partial charge in [0.05, 0.1) is 10.6 Å². The fourth-order valence-electron chi connectivity index (χ4n) is 2.52. The van der Waals surface area contributed by atoms with Crippen molar-refractivity contribution < 1.29 is 9.53 Å². The Labute approximate surface area is 125 Å². The first-order valence-electron chi connectivity index (χ1n) is 7.40. The van der Waals surface area contributed by atoms with Crippen molar-refractivity contribution in [3.05, 3.63) is 10.6 Å². The summed E-state index contributed by atoms with van der Waals surface area (Å²) in [6, 6.07) is 0. The third kappa shape index (κ3) is 3.58. The number of hydrogen-bond acceptors (Lipinski definition) is 5. The highest BCUT2D eigenvalue weighted by Crippen LogP contribution is 2.31. The van der Waals surface area contributed by atoms with Gasteiger partial charge in [0.1, 0.15) is 0 Å². The molecule has 4 nitrogen and oxygen atoms in total. The minimum atomic E-state index is 0.344. The largest absolute Gasteiger partial charge is 0.381 e. The van der Waals surface area contributed by atoms with E-state index in [1.807, 2.05) is 0 Å². The molecule has 5 heteroatoms. The predicted molar refractivity (Wildman–Crippen MR) is 83.0 cm³/mol. The summed E-state index contributed by atoms with van der Waals surface area (Å²) in [4.78, 5) is 18.9. The van der Waals surface area contributed by atoms with Crippen molar-refractivity contribution in [2.45, 2.75) is 39.0 Å². The Hall–Kier alpha value is -0.940. The molecule has 1 aromatic heterocycles. The van der Waals surface area contributed by atoms with Crippen molar-refractivity contribution in [1.29, 1.82) is 0 Å². The van der Waals surface area contributed by atoms with E-state index in [9.17, 15) is 4.79 Å². The van der Waals surface area contributed by atoms with Crippen LogP contribution in [0.1, 0.15) is 54.4 Å². The van der Waals surface area contributed by atoms with Crippen LogP contribution in [0, 0.1) is 5.92 Å². The summed E-state index contributed by atoms with van der Waals surface area (Å²) in [5, 5.41) is 0.967. The molecule has 0 amide bonds. The molecule has 2 heterocycles. The fourth-order valence-corrected chi connectivity index (χ4v) is 3.49. The molecular formula is C15H24N2O2S. The summed E-state index contributed by atoms with van der Waals surface area (Å²) >= 11 is 1.52. The van der Waals surface area contributed by atoms with Crippen LogP contribution in [0.3, 0.4) is 0 Å². The van der Waals surface area contributed by atoms with E-state index in [2.05, 4.69) is 25.8 Å². The smallest absolute Gasteiger partial charge is 0.185 e. The highest BCUT2D eigenvalue weighted by Gasteiger charge is 2.20. The number of carbonyl (C=O) groups excluding carboxylic acids is 1. The van der Waals surface area contributed by atoms with Crippen LogP contribution in [0.15, 0.2) is 0 Å². The number of aromatic nitrogens is 1. The summed E-state index contributed by atoms with van der Waals surface area (Å²) in [6.07, 6.45) is 4.20. The van der Waals surface area contributed by atoms with Gasteiger partial charge in [0, 0.05) is 26.8 Å². The van der Waals surface area contributed by atoms with E-state index in [4.69, 9.17) is 9.72 Å². The molecule has 20 heavy (non-hydrogen) atoms. The van der Waals surface area contributed by atoms with Crippen LogP contribution in [0.4, 0.5) is 5.13 Å². The predicted octanol–water partition coefficient (Wildman–Crippen LogP) is 3.33. The molecule has 0 aromatic carbocycles. The molecule has 0 aliphatic carbocycles. The summed E-state index contributed by atoms with van der Waals surface area (Å²) < 4.78 is 5.40. The Morgan fingerprint density at radius 2 is 2.20 bits per heavy atom. The van der Waals surface area contributed by atoms with Gasteiger partial charge in [0.2, 0.25) is 0 Å². The molecule has 0 radical (unpaired) electrons. The number of rotatable bonds is 6. The Balaban J connectivity index is 2.07. The molecule has 1 aliphatic rings. The number of carbonyl (C=O) groups is 1. The highest BCUT2D eigenvalue weighted by atomic mass is 32.1. The SMILES string of the molecule is CCC(C)c1nc(N(C)CC2CCOCC2)sc1C=O. The maximum Gasteiger partial charge on any atom is 0.185 e. The van der Waals surface area contributed by atoms with Crippen LogP contribution in [0.5, 0.6) is 0 Å². The quantitative estimate of drug-likeness (QED) is 0.755. The normalized spacial score (nSPS) is 17.9. The van der Waals surface area contributed by atoms with Crippen molar-refractivity contribution in [3.63, 3.8) is 0 Å². The fraction of sp³-hybridized carbons (Fsp3) is 0.733. The van der Waals surface area contributed by atoms with Crippen molar-refractivity contribution in [1.82, 2.24) is 4.98 Å². The van der Waals surface area contributed by atoms with E-state index >= 15 is 0 Å². The Morgan fingerprint density at radius 1 is 1.50 bits per heavy atom. The lowest BCUT2D eigenvalue weighted by Crippen LogP contribution is -2.29. The van der Waals surface area contributed by atoms with Crippen LogP contribution in [0.2, 0.25) is 0 Å². The molecule has 1 aromatic rings. The first kappa shape index (κ1) is 15.4. The zero-order valence-electron chi connectivity index (χ0n) is 12.6. The van der Waals surface area contributed by atoms with Gasteiger partial charge in [0.15, 0.2) is 11.4 Å². The summed E-state index contributed by atoms with van der Waals surface area (Å²) in [5.41, 5.74) is 0.960. The van der Waals surface area contributed by atoms with Crippen LogP contribution in [-0.4, -0.2) is 38.1 Å². The molecule has 1 unspecified atom stereocenters. The average Bonchev–Trinajstić information content (AvgIpc) is 2.92. The van der Waals surface area contributed by atoms with Crippen molar-refractivity contribution in [2.75, 3.05) is 31.7 Å². The van der Waals surface area contributed by atoms with Gasteiger partial charge in [-0.2, -0.15) is 0 Å². The lowest BCUT2D eigenvalue weighted by molar-refractivity contribution is 0.0685. The second-order valence-electron chi connectivity index (χ2n) is 5.61. The van der Waals surface area contributed by atoms with Gasteiger partial charge in [-0.1, -0.05) is 25.2 Å². The third-order valence-electron chi connectivity index (χ3n) is 4.06. The van der Waals surface area contributed by atoms with Gasteiger partial charge < -0.3 is 9.64 Å². The molecule has 2 rings (SSSR count). The van der Waals surface area contributed by atoms with Crippen molar-refractivity contribution in [3.8, 4) is 0 Å². The number of hydrogen-bond donors (Lipinski definition) is 0. The van der Waals surface area contributed by atoms with E-state index in [0.29, 0.717) is 11.8 Å². The molecule has 1 atom stereocenters. The second kappa shape index (κ2) is 7.18. The maximum absolute atomic E-state index is 11.2. The summed E-state index contributed by atoms with van der Waals surface area (Å²) in [6.45, 7) is 6.99. The third-order valence-corrected chi connectivity index (χ3v) is 5.17. The molecule has 1 aliphatic heterocycles. The Morgan fingerprint density at radius 3 is 2.80 bits per heavy atom. The molecule has 1 fully saturated rings. The second-order valence-corrected chi connectivity index (χ2v) is 6.62. The number of anilines is 1. The number of ether oxygens (including phenoxy) is 1. The zero-order chi connectivity index (χ0) is 14.5. The van der Waals surface area contributed by atoms with Gasteiger partial charge in [0.25, 0.3) is 0 Å². The Kier molecular flexibility index (Phi) is 5.54. The van der Waals surface area contributed by atoms with Crippen LogP contribution in [-0.2, 0) is 4.74 Å². The van der Waals surface area contributed by atoms with Crippen LogP contribution >= 0.6 is 11.3 Å². The molecule has 112 valence electrons. The maximum atomic E-state index is 11.2. The van der Waals surface area contributed by atoms with Crippen LogP contribution in [0.25, 0.3) is 0 Å². The van der Waals surface area contributed by atoms with E-state index in [-0.39, 0.29) is 0 Å². The monoisotopic (exact) mass is 296 g/mol. The summed E-state index contributed by atoms with van der Waals surface area (Å²) in [7, 11) is 2.07. The first-order valence-corrected chi connectivity index (χ1v) is 8.22. The molecular weight excluding hydrogens is 272 g/mol. The van der Waals surface area contributed by atoms with Crippen molar-refractivity contribution >= 4 is 22.8 Å². The molecule has 0 bridgehead atoms. The van der Waals surface area contributed by atoms with Gasteiger partial charge in [-0.15, -0.1) is 0 Å². The summed E-state index contributed by atoms with van der Waals surface area (Å²) in [5.74, 6) is 1.01. The zero-order valence-corrected chi connectivity index (χ0v) is 13.4. The Bertz CT molecular complexity index is 441. The van der Waals surface area contributed by atoms with E-state index in [1.54, 1.807) is 0 Å². The van der Waals surface area contributed by atoms with Gasteiger partial charge >= 0.3 is 0 Å². The first-order chi connectivity index (χ1) is 9.65. The topological polar surface area (TPSA) is 42.4 Å². The van der Waals surface area contributed by atoms with Gasteiger partial charge in [-0.25, -0.2) is 4.98 Å². The van der Waals surface area contributed by atoms with Gasteiger partial charge in [-0.3, -0.25) is 4.79 Å². The number of thiazole rings is 1. The number of aldehydes is 1. The lowest BCUT2D eigenvalue weighted by Gasteiger charge is -2.26. The standard InChI is InChI=1S/C15H24N2O2S/c1-4-11(2)14-13(10-18)20-15(16-14)17(3)9-12-5-7-19-8-6-12/h10-12H,4-9H2,1-3H3.